The van der Waals surface area contributed by atoms with Crippen molar-refractivity contribution in [3.05, 3.63) is 71.0 Å². The summed E-state index contributed by atoms with van der Waals surface area (Å²) in [5.74, 6) is -1.03. The number of anilines is 1. The number of halogens is 2. The van der Waals surface area contributed by atoms with Gasteiger partial charge in [-0.15, -0.1) is 0 Å². The van der Waals surface area contributed by atoms with Crippen LogP contribution in [0.1, 0.15) is 33.3 Å². The lowest BCUT2D eigenvalue weighted by molar-refractivity contribution is -0.120. The summed E-state index contributed by atoms with van der Waals surface area (Å²) in [6.07, 6.45) is -0.0196. The number of nitrogens with one attached hydrogen (secondary N) is 2. The Morgan fingerprint density at radius 1 is 1.09 bits per heavy atom. The summed E-state index contributed by atoms with van der Waals surface area (Å²) in [5.41, 5.74) is -0.869. The van der Waals surface area contributed by atoms with Crippen LogP contribution in [0.2, 0.25) is 5.02 Å². The molecule has 0 saturated carbocycles. The highest BCUT2D eigenvalue weighted by atomic mass is 35.5. The third kappa shape index (κ3) is 6.22. The van der Waals surface area contributed by atoms with Crippen LogP contribution in [-0.4, -0.2) is 26.0 Å². The molecule has 0 unspecified atom stereocenters. The third-order valence-electron chi connectivity index (χ3n) is 4.83. The predicted octanol–water partition coefficient (Wildman–Crippen LogP) is 5.26. The normalized spacial score (nSPS) is 12.2. The fraction of sp³-hybridized carbons (Fsp3) is 0.292. The molecule has 0 aliphatic carbocycles. The van der Waals surface area contributed by atoms with Crippen LogP contribution in [0.3, 0.4) is 0 Å². The van der Waals surface area contributed by atoms with E-state index >= 15 is 0 Å². The summed E-state index contributed by atoms with van der Waals surface area (Å²) < 4.78 is 47.2. The molecule has 0 atom stereocenters. The van der Waals surface area contributed by atoms with Crippen molar-refractivity contribution < 1.29 is 22.3 Å². The summed E-state index contributed by atoms with van der Waals surface area (Å²) in [6, 6.07) is 14.4. The molecule has 0 heterocycles. The molecule has 176 valence electrons. The summed E-state index contributed by atoms with van der Waals surface area (Å²) in [7, 11) is -4.01. The molecule has 33 heavy (non-hydrogen) atoms. The van der Waals surface area contributed by atoms with Gasteiger partial charge in [0.05, 0.1) is 11.9 Å². The van der Waals surface area contributed by atoms with Gasteiger partial charge in [0.25, 0.3) is 0 Å². The lowest BCUT2D eigenvalue weighted by Crippen LogP contribution is -2.52. The maximum atomic E-state index is 13.5. The molecule has 0 bridgehead atoms. The van der Waals surface area contributed by atoms with E-state index in [1.54, 1.807) is 12.1 Å². The van der Waals surface area contributed by atoms with E-state index in [4.69, 9.17) is 16.3 Å². The van der Waals surface area contributed by atoms with Gasteiger partial charge in [-0.1, -0.05) is 35.9 Å². The molecule has 6 nitrogen and oxygen atoms in total. The van der Waals surface area contributed by atoms with E-state index in [0.29, 0.717) is 11.4 Å². The summed E-state index contributed by atoms with van der Waals surface area (Å²) in [5, 5.41) is 4.51. The Balaban J connectivity index is 1.82. The first-order valence-electron chi connectivity index (χ1n) is 10.3. The fourth-order valence-electron chi connectivity index (χ4n) is 3.35. The lowest BCUT2D eigenvalue weighted by Gasteiger charge is -2.25. The van der Waals surface area contributed by atoms with E-state index in [9.17, 15) is 17.6 Å². The third-order valence-corrected chi connectivity index (χ3v) is 6.71. The Morgan fingerprint density at radius 2 is 1.76 bits per heavy atom. The van der Waals surface area contributed by atoms with Crippen molar-refractivity contribution in [1.29, 1.82) is 0 Å². The van der Waals surface area contributed by atoms with Gasteiger partial charge < -0.3 is 10.1 Å². The maximum Gasteiger partial charge on any atom is 0.245 e. The minimum atomic E-state index is -4.01. The van der Waals surface area contributed by atoms with Crippen molar-refractivity contribution in [2.45, 2.75) is 45.1 Å². The number of benzene rings is 3. The van der Waals surface area contributed by atoms with Gasteiger partial charge in [-0.05, 0) is 63.6 Å². The molecule has 0 aliphatic heterocycles. The second-order valence-corrected chi connectivity index (χ2v) is 10.6. The van der Waals surface area contributed by atoms with Crippen molar-refractivity contribution in [3.8, 4) is 5.75 Å². The second-order valence-electron chi connectivity index (χ2n) is 8.50. The van der Waals surface area contributed by atoms with Gasteiger partial charge in [0.1, 0.15) is 17.1 Å². The van der Waals surface area contributed by atoms with Crippen LogP contribution in [0.15, 0.2) is 54.6 Å². The Hall–Kier alpha value is -2.68. The lowest BCUT2D eigenvalue weighted by atomic mass is 10.0. The van der Waals surface area contributed by atoms with Crippen LogP contribution in [0.5, 0.6) is 5.75 Å². The van der Waals surface area contributed by atoms with Crippen molar-refractivity contribution in [2.75, 3.05) is 5.32 Å². The fourth-order valence-corrected chi connectivity index (χ4v) is 5.20. The van der Waals surface area contributed by atoms with Gasteiger partial charge in [-0.3, -0.25) is 4.79 Å². The minimum absolute atomic E-state index is 0.0196. The number of fused-ring (bicyclic) bond motifs is 1. The van der Waals surface area contributed by atoms with E-state index in [2.05, 4.69) is 10.0 Å². The first kappa shape index (κ1) is 25.0. The number of hydrogen-bond donors (Lipinski definition) is 2. The van der Waals surface area contributed by atoms with E-state index in [0.717, 1.165) is 22.9 Å². The zero-order valence-corrected chi connectivity index (χ0v) is 20.4. The SMILES string of the molecule is CC(C)Oc1ccc(NC(=O)C(C)(C)NS(=O)(=O)Cc2cc(F)ccc2Cl)c2ccccc12. The van der Waals surface area contributed by atoms with Crippen LogP contribution in [0.4, 0.5) is 10.1 Å². The van der Waals surface area contributed by atoms with E-state index in [1.165, 1.54) is 19.9 Å². The first-order chi connectivity index (χ1) is 15.4. The highest BCUT2D eigenvalue weighted by molar-refractivity contribution is 7.88. The molecule has 9 heteroatoms. The van der Waals surface area contributed by atoms with Crippen molar-refractivity contribution in [3.63, 3.8) is 0 Å². The molecule has 0 aromatic heterocycles. The van der Waals surface area contributed by atoms with Crippen molar-refractivity contribution >= 4 is 44.0 Å². The van der Waals surface area contributed by atoms with Gasteiger partial charge >= 0.3 is 0 Å². The van der Waals surface area contributed by atoms with Gasteiger partial charge in [0.15, 0.2) is 0 Å². The molecule has 0 fully saturated rings. The Labute approximate surface area is 198 Å². The minimum Gasteiger partial charge on any atom is -0.490 e. The number of carbonyl (C=O) groups is 1. The molecule has 3 rings (SSSR count). The number of hydrogen-bond acceptors (Lipinski definition) is 4. The first-order valence-corrected chi connectivity index (χ1v) is 12.4. The average Bonchev–Trinajstić information content (AvgIpc) is 2.71. The van der Waals surface area contributed by atoms with Crippen LogP contribution in [-0.2, 0) is 20.6 Å². The smallest absolute Gasteiger partial charge is 0.245 e. The molecular formula is C24H26ClFN2O4S. The Morgan fingerprint density at radius 3 is 2.42 bits per heavy atom. The quantitative estimate of drug-likeness (QED) is 0.449. The van der Waals surface area contributed by atoms with E-state index < -0.39 is 33.0 Å². The number of sulfonamides is 1. The molecule has 0 radical (unpaired) electrons. The van der Waals surface area contributed by atoms with E-state index in [1.807, 2.05) is 38.1 Å². The zero-order chi connectivity index (χ0) is 24.4. The van der Waals surface area contributed by atoms with E-state index in [-0.39, 0.29) is 16.7 Å². The number of ether oxygens (including phenoxy) is 1. The van der Waals surface area contributed by atoms with Gasteiger partial charge in [0.2, 0.25) is 15.9 Å². The number of amides is 1. The molecule has 2 N–H and O–H groups in total. The summed E-state index contributed by atoms with van der Waals surface area (Å²) in [6.45, 7) is 6.75. The highest BCUT2D eigenvalue weighted by Crippen LogP contribution is 2.32. The monoisotopic (exact) mass is 492 g/mol. The number of carbonyl (C=O) groups excluding carboxylic acids is 1. The molecule has 3 aromatic rings. The molecular weight excluding hydrogens is 467 g/mol. The van der Waals surface area contributed by atoms with Crippen LogP contribution in [0, 0.1) is 5.82 Å². The van der Waals surface area contributed by atoms with Gasteiger partial charge in [0, 0.05) is 21.5 Å². The van der Waals surface area contributed by atoms with Crippen molar-refractivity contribution in [1.82, 2.24) is 4.72 Å². The van der Waals surface area contributed by atoms with Crippen LogP contribution in [0.25, 0.3) is 10.8 Å². The average molecular weight is 493 g/mol. The number of rotatable bonds is 8. The van der Waals surface area contributed by atoms with Crippen molar-refractivity contribution in [2.24, 2.45) is 0 Å². The summed E-state index contributed by atoms with van der Waals surface area (Å²) >= 11 is 5.99. The molecule has 1 amide bonds. The Bertz CT molecular complexity index is 1290. The van der Waals surface area contributed by atoms with Gasteiger partial charge in [-0.25, -0.2) is 12.8 Å². The zero-order valence-electron chi connectivity index (χ0n) is 18.8. The largest absolute Gasteiger partial charge is 0.490 e. The van der Waals surface area contributed by atoms with Gasteiger partial charge in [-0.2, -0.15) is 4.72 Å². The summed E-state index contributed by atoms with van der Waals surface area (Å²) in [4.78, 5) is 13.0. The molecule has 0 saturated heterocycles. The van der Waals surface area contributed by atoms with Crippen LogP contribution < -0.4 is 14.8 Å². The second kappa shape index (κ2) is 9.67. The molecule has 0 spiro atoms. The Kier molecular flexibility index (Phi) is 7.31. The van der Waals surface area contributed by atoms with Crippen LogP contribution >= 0.6 is 11.6 Å². The topological polar surface area (TPSA) is 84.5 Å². The predicted molar refractivity (Wildman–Crippen MR) is 130 cm³/mol. The standard InChI is InChI=1S/C24H26ClFN2O4S/c1-15(2)32-22-12-11-21(18-7-5-6-8-19(18)22)27-23(29)24(3,4)28-33(30,31)14-16-13-17(26)9-10-20(16)25/h5-13,15,28H,14H2,1-4H3,(H,27,29). The molecule has 3 aromatic carbocycles. The highest BCUT2D eigenvalue weighted by Gasteiger charge is 2.33. The maximum absolute atomic E-state index is 13.5. The molecule has 0 aliphatic rings.